The summed E-state index contributed by atoms with van der Waals surface area (Å²) >= 11 is 6.09. The van der Waals surface area contributed by atoms with Crippen molar-refractivity contribution in [2.75, 3.05) is 0 Å². The molecule has 0 amide bonds. The number of halogens is 1. The molecule has 0 heterocycles. The molecule has 0 unspecified atom stereocenters. The zero-order valence-corrected chi connectivity index (χ0v) is 14.3. The molecule has 25 heavy (non-hydrogen) atoms. The zero-order valence-electron chi connectivity index (χ0n) is 13.5. The number of benzene rings is 5. The molecule has 0 aliphatic heterocycles. The van der Waals surface area contributed by atoms with E-state index in [1.54, 1.807) is 0 Å². The minimum Gasteiger partial charge on any atom is -0.0843 e. The molecule has 0 spiro atoms. The third-order valence-corrected chi connectivity index (χ3v) is 5.13. The van der Waals surface area contributed by atoms with E-state index in [1.165, 1.54) is 43.4 Å². The van der Waals surface area contributed by atoms with Crippen LogP contribution in [0.25, 0.3) is 43.4 Å². The first-order chi connectivity index (χ1) is 12.3. The third-order valence-electron chi connectivity index (χ3n) is 4.88. The lowest BCUT2D eigenvalue weighted by molar-refractivity contribution is 1.67. The average Bonchev–Trinajstić information content (AvgIpc) is 2.67. The van der Waals surface area contributed by atoms with Crippen LogP contribution in [0.3, 0.4) is 0 Å². The normalized spacial score (nSPS) is 11.4. The van der Waals surface area contributed by atoms with Crippen LogP contribution in [-0.4, -0.2) is 0 Å². The van der Waals surface area contributed by atoms with Gasteiger partial charge in [0, 0.05) is 5.02 Å². The highest BCUT2D eigenvalue weighted by atomic mass is 35.5. The van der Waals surface area contributed by atoms with Crippen LogP contribution in [0, 0.1) is 0 Å². The van der Waals surface area contributed by atoms with Gasteiger partial charge in [0.05, 0.1) is 0 Å². The highest BCUT2D eigenvalue weighted by Crippen LogP contribution is 2.37. The SMILES string of the molecule is Clc1ccc(-c2cc3ccccc3c3cc4ccccc4cc23)cc1. The second kappa shape index (κ2) is 5.61. The van der Waals surface area contributed by atoms with Gasteiger partial charge in [-0.15, -0.1) is 0 Å². The van der Waals surface area contributed by atoms with E-state index in [0.717, 1.165) is 5.02 Å². The summed E-state index contributed by atoms with van der Waals surface area (Å²) in [6, 6.07) is 32.2. The van der Waals surface area contributed by atoms with E-state index in [-0.39, 0.29) is 0 Å². The van der Waals surface area contributed by atoms with Gasteiger partial charge in [-0.2, -0.15) is 0 Å². The molecule has 0 saturated carbocycles. The molecule has 1 heteroatoms. The summed E-state index contributed by atoms with van der Waals surface area (Å²) in [7, 11) is 0. The Hall–Kier alpha value is -2.83. The standard InChI is InChI=1S/C24H15Cl/c25-20-11-9-16(10-12-20)22-15-19-7-3-4-8-21(19)23-13-17-5-1-2-6-18(17)14-24(22)23/h1-15H. The van der Waals surface area contributed by atoms with Crippen molar-refractivity contribution in [3.05, 3.63) is 96.0 Å². The largest absolute Gasteiger partial charge is 0.0843 e. The van der Waals surface area contributed by atoms with E-state index in [2.05, 4.69) is 78.9 Å². The van der Waals surface area contributed by atoms with Gasteiger partial charge in [0.1, 0.15) is 0 Å². The first-order valence-corrected chi connectivity index (χ1v) is 8.78. The third kappa shape index (κ3) is 2.38. The summed E-state index contributed by atoms with van der Waals surface area (Å²) in [5.74, 6) is 0. The zero-order chi connectivity index (χ0) is 16.8. The van der Waals surface area contributed by atoms with Gasteiger partial charge in [-0.25, -0.2) is 0 Å². The lowest BCUT2D eigenvalue weighted by atomic mass is 9.91. The fraction of sp³-hybridized carbons (Fsp3) is 0. The van der Waals surface area contributed by atoms with Gasteiger partial charge in [0.2, 0.25) is 0 Å². The second-order valence-corrected chi connectivity index (χ2v) is 6.83. The number of hydrogen-bond donors (Lipinski definition) is 0. The Morgan fingerprint density at radius 2 is 1.08 bits per heavy atom. The molecule has 0 radical (unpaired) electrons. The van der Waals surface area contributed by atoms with E-state index in [0.29, 0.717) is 0 Å². The van der Waals surface area contributed by atoms with Gasteiger partial charge in [-0.1, -0.05) is 72.3 Å². The van der Waals surface area contributed by atoms with Gasteiger partial charge in [-0.05, 0) is 73.8 Å². The first-order valence-electron chi connectivity index (χ1n) is 8.40. The monoisotopic (exact) mass is 338 g/mol. The Bertz CT molecular complexity index is 1230. The molecule has 5 aromatic rings. The highest BCUT2D eigenvalue weighted by molar-refractivity contribution is 6.30. The minimum absolute atomic E-state index is 0.763. The van der Waals surface area contributed by atoms with Gasteiger partial charge in [-0.3, -0.25) is 0 Å². The molecule has 0 atom stereocenters. The maximum atomic E-state index is 6.09. The molecule has 118 valence electrons. The smallest absolute Gasteiger partial charge is 0.0406 e. The van der Waals surface area contributed by atoms with Crippen LogP contribution in [0.15, 0.2) is 91.0 Å². The van der Waals surface area contributed by atoms with Crippen molar-refractivity contribution in [2.24, 2.45) is 0 Å². The van der Waals surface area contributed by atoms with Crippen molar-refractivity contribution in [1.29, 1.82) is 0 Å². The summed E-state index contributed by atoms with van der Waals surface area (Å²) < 4.78 is 0. The lowest BCUT2D eigenvalue weighted by Gasteiger charge is -2.12. The van der Waals surface area contributed by atoms with Crippen LogP contribution in [-0.2, 0) is 0 Å². The Balaban J connectivity index is 1.97. The molecule has 0 aliphatic rings. The highest BCUT2D eigenvalue weighted by Gasteiger charge is 2.10. The Kier molecular flexibility index (Phi) is 3.26. The molecule has 0 aliphatic carbocycles. The molecule has 0 nitrogen and oxygen atoms in total. The van der Waals surface area contributed by atoms with Crippen LogP contribution in [0.1, 0.15) is 0 Å². The summed E-state index contributed by atoms with van der Waals surface area (Å²) in [5.41, 5.74) is 2.44. The van der Waals surface area contributed by atoms with Crippen LogP contribution < -0.4 is 0 Å². The Labute approximate surface area is 151 Å². The van der Waals surface area contributed by atoms with Crippen molar-refractivity contribution in [2.45, 2.75) is 0 Å². The molecule has 5 rings (SSSR count). The van der Waals surface area contributed by atoms with E-state index < -0.39 is 0 Å². The van der Waals surface area contributed by atoms with Crippen molar-refractivity contribution >= 4 is 43.9 Å². The predicted octanol–water partition coefficient (Wildman–Crippen LogP) is 7.47. The number of fused-ring (bicyclic) bond motifs is 4. The molecule has 0 bridgehead atoms. The van der Waals surface area contributed by atoms with Gasteiger partial charge >= 0.3 is 0 Å². The maximum Gasteiger partial charge on any atom is 0.0406 e. The molecule has 0 aromatic heterocycles. The van der Waals surface area contributed by atoms with Crippen LogP contribution in [0.2, 0.25) is 5.02 Å². The quantitative estimate of drug-likeness (QED) is 0.220. The van der Waals surface area contributed by atoms with Crippen molar-refractivity contribution < 1.29 is 0 Å². The fourth-order valence-electron chi connectivity index (χ4n) is 3.66. The summed E-state index contributed by atoms with van der Waals surface area (Å²) in [4.78, 5) is 0. The minimum atomic E-state index is 0.763. The molecule has 0 N–H and O–H groups in total. The number of rotatable bonds is 1. The summed E-state index contributed by atoms with van der Waals surface area (Å²) in [5, 5.41) is 8.42. The van der Waals surface area contributed by atoms with E-state index in [9.17, 15) is 0 Å². The first kappa shape index (κ1) is 14.5. The summed E-state index contributed by atoms with van der Waals surface area (Å²) in [6.07, 6.45) is 0. The maximum absolute atomic E-state index is 6.09. The molecule has 0 fully saturated rings. The van der Waals surface area contributed by atoms with Gasteiger partial charge < -0.3 is 0 Å². The summed E-state index contributed by atoms with van der Waals surface area (Å²) in [6.45, 7) is 0. The molecular weight excluding hydrogens is 324 g/mol. The Morgan fingerprint density at radius 1 is 0.480 bits per heavy atom. The van der Waals surface area contributed by atoms with Crippen molar-refractivity contribution in [3.8, 4) is 11.1 Å². The fourth-order valence-corrected chi connectivity index (χ4v) is 3.78. The van der Waals surface area contributed by atoms with Crippen molar-refractivity contribution in [1.82, 2.24) is 0 Å². The molecule has 5 aromatic carbocycles. The average molecular weight is 339 g/mol. The van der Waals surface area contributed by atoms with E-state index in [1.807, 2.05) is 12.1 Å². The second-order valence-electron chi connectivity index (χ2n) is 6.40. The van der Waals surface area contributed by atoms with Gasteiger partial charge in [0.15, 0.2) is 0 Å². The number of hydrogen-bond acceptors (Lipinski definition) is 0. The van der Waals surface area contributed by atoms with E-state index in [4.69, 9.17) is 11.6 Å². The topological polar surface area (TPSA) is 0 Å². The Morgan fingerprint density at radius 3 is 1.80 bits per heavy atom. The molecule has 0 saturated heterocycles. The van der Waals surface area contributed by atoms with Crippen LogP contribution in [0.4, 0.5) is 0 Å². The van der Waals surface area contributed by atoms with Gasteiger partial charge in [0.25, 0.3) is 0 Å². The van der Waals surface area contributed by atoms with Crippen molar-refractivity contribution in [3.63, 3.8) is 0 Å². The lowest BCUT2D eigenvalue weighted by Crippen LogP contribution is -1.85. The van der Waals surface area contributed by atoms with E-state index >= 15 is 0 Å². The predicted molar refractivity (Wildman–Crippen MR) is 109 cm³/mol. The van der Waals surface area contributed by atoms with Crippen LogP contribution >= 0.6 is 11.6 Å². The van der Waals surface area contributed by atoms with Crippen LogP contribution in [0.5, 0.6) is 0 Å². The molecular formula is C24H15Cl.